The minimum absolute atomic E-state index is 0.151. The number of azide groups is 1. The molecule has 0 aliphatic carbocycles. The molecule has 0 aromatic heterocycles. The fraction of sp³-hybridized carbons (Fsp3) is 0.250. The summed E-state index contributed by atoms with van der Waals surface area (Å²) in [6.07, 6.45) is 0.497. The monoisotopic (exact) mass is 346 g/mol. The number of methoxy groups -OCH3 is 1. The molecule has 0 saturated carbocycles. The standard InChI is InChI=1S/C16H18N4O3S/c1-23-16-9-7-14(8-10-16)11-12-20(24(21,22)19-18-17)13-15-5-3-2-4-6-15/h2-10H,11-13H2,1H3. The maximum atomic E-state index is 12.1. The summed E-state index contributed by atoms with van der Waals surface area (Å²) in [5.41, 5.74) is 10.3. The summed E-state index contributed by atoms with van der Waals surface area (Å²) >= 11 is 0. The first kappa shape index (κ1) is 17.8. The van der Waals surface area contributed by atoms with Crippen molar-refractivity contribution < 1.29 is 13.2 Å². The Labute approximate surface area is 141 Å². The van der Waals surface area contributed by atoms with Gasteiger partial charge in [-0.1, -0.05) is 42.5 Å². The molecule has 2 rings (SSSR count). The third-order valence-corrected chi connectivity index (χ3v) is 4.72. The molecule has 0 bridgehead atoms. The molecule has 2 aromatic carbocycles. The van der Waals surface area contributed by atoms with Gasteiger partial charge >= 0.3 is 10.2 Å². The lowest BCUT2D eigenvalue weighted by Gasteiger charge is -2.19. The summed E-state index contributed by atoms with van der Waals surface area (Å²) in [5.74, 6) is 0.738. The van der Waals surface area contributed by atoms with Crippen LogP contribution in [0, 0.1) is 0 Å². The van der Waals surface area contributed by atoms with Crippen molar-refractivity contribution in [3.8, 4) is 5.75 Å². The third-order valence-electron chi connectivity index (χ3n) is 3.48. The van der Waals surface area contributed by atoms with E-state index in [1.54, 1.807) is 7.11 Å². The van der Waals surface area contributed by atoms with Crippen LogP contribution in [0.4, 0.5) is 0 Å². The number of benzene rings is 2. The van der Waals surface area contributed by atoms with Gasteiger partial charge in [0.15, 0.2) is 0 Å². The lowest BCUT2D eigenvalue weighted by Crippen LogP contribution is -2.30. The highest BCUT2D eigenvalue weighted by Gasteiger charge is 2.20. The largest absolute Gasteiger partial charge is 0.497 e. The van der Waals surface area contributed by atoms with Crippen LogP contribution in [0.1, 0.15) is 11.1 Å². The van der Waals surface area contributed by atoms with Gasteiger partial charge in [0.1, 0.15) is 5.75 Å². The summed E-state index contributed by atoms with van der Waals surface area (Å²) in [5, 5.41) is 0. The second-order valence-corrected chi connectivity index (χ2v) is 6.64. The van der Waals surface area contributed by atoms with Crippen molar-refractivity contribution >= 4 is 10.2 Å². The maximum Gasteiger partial charge on any atom is 0.302 e. The van der Waals surface area contributed by atoms with Crippen LogP contribution in [-0.2, 0) is 23.2 Å². The van der Waals surface area contributed by atoms with Crippen LogP contribution in [0.15, 0.2) is 59.1 Å². The van der Waals surface area contributed by atoms with Crippen LogP contribution in [-0.4, -0.2) is 26.4 Å². The fourth-order valence-electron chi connectivity index (χ4n) is 2.21. The quantitative estimate of drug-likeness (QED) is 0.417. The number of ether oxygens (including phenoxy) is 1. The molecule has 0 amide bonds. The van der Waals surface area contributed by atoms with E-state index >= 15 is 0 Å². The van der Waals surface area contributed by atoms with Crippen molar-refractivity contribution in [2.75, 3.05) is 13.7 Å². The highest BCUT2D eigenvalue weighted by molar-refractivity contribution is 7.87. The average molecular weight is 346 g/mol. The summed E-state index contributed by atoms with van der Waals surface area (Å²) in [4.78, 5) is 2.43. The Morgan fingerprint density at radius 2 is 1.75 bits per heavy atom. The van der Waals surface area contributed by atoms with Gasteiger partial charge in [0.2, 0.25) is 0 Å². The van der Waals surface area contributed by atoms with Crippen molar-refractivity contribution in [2.24, 2.45) is 4.52 Å². The summed E-state index contributed by atoms with van der Waals surface area (Å²) in [6.45, 7) is 0.362. The average Bonchev–Trinajstić information content (AvgIpc) is 2.59. The highest BCUT2D eigenvalue weighted by atomic mass is 32.2. The van der Waals surface area contributed by atoms with Gasteiger partial charge in [-0.3, -0.25) is 0 Å². The van der Waals surface area contributed by atoms with Crippen LogP contribution in [0.25, 0.3) is 10.4 Å². The van der Waals surface area contributed by atoms with Crippen LogP contribution in [0.5, 0.6) is 5.75 Å². The lowest BCUT2D eigenvalue weighted by atomic mass is 10.1. The zero-order valence-corrected chi connectivity index (χ0v) is 14.1. The molecule has 8 heteroatoms. The van der Waals surface area contributed by atoms with E-state index in [1.807, 2.05) is 54.6 Å². The molecule has 0 atom stereocenters. The van der Waals surface area contributed by atoms with E-state index in [0.29, 0.717) is 6.42 Å². The Bertz CT molecular complexity index is 801. The predicted molar refractivity (Wildman–Crippen MR) is 91.6 cm³/mol. The van der Waals surface area contributed by atoms with Crippen molar-refractivity contribution in [3.05, 3.63) is 76.2 Å². The molecule has 0 aliphatic heterocycles. The highest BCUT2D eigenvalue weighted by Crippen LogP contribution is 2.15. The summed E-state index contributed by atoms with van der Waals surface area (Å²) in [6, 6.07) is 16.6. The van der Waals surface area contributed by atoms with Crippen molar-refractivity contribution in [3.63, 3.8) is 0 Å². The predicted octanol–water partition coefficient (Wildman–Crippen LogP) is 3.30. The smallest absolute Gasteiger partial charge is 0.302 e. The topological polar surface area (TPSA) is 95.4 Å². The van der Waals surface area contributed by atoms with E-state index in [2.05, 4.69) is 9.43 Å². The minimum Gasteiger partial charge on any atom is -0.497 e. The summed E-state index contributed by atoms with van der Waals surface area (Å²) < 4.78 is 33.5. The zero-order valence-electron chi connectivity index (χ0n) is 13.2. The number of hydrogen-bond donors (Lipinski definition) is 0. The lowest BCUT2D eigenvalue weighted by molar-refractivity contribution is 0.408. The Morgan fingerprint density at radius 1 is 1.08 bits per heavy atom. The van der Waals surface area contributed by atoms with Gasteiger partial charge in [0, 0.05) is 22.5 Å². The van der Waals surface area contributed by atoms with Gasteiger partial charge in [-0.15, -0.1) is 0 Å². The Morgan fingerprint density at radius 3 is 2.33 bits per heavy atom. The molecule has 24 heavy (non-hydrogen) atoms. The van der Waals surface area contributed by atoms with Crippen LogP contribution >= 0.6 is 0 Å². The molecule has 0 fully saturated rings. The van der Waals surface area contributed by atoms with Crippen LogP contribution in [0.3, 0.4) is 0 Å². The number of hydrogen-bond acceptors (Lipinski definition) is 3. The van der Waals surface area contributed by atoms with Crippen molar-refractivity contribution in [1.82, 2.24) is 4.31 Å². The first-order valence-corrected chi connectivity index (χ1v) is 8.68. The number of rotatable bonds is 8. The SMILES string of the molecule is COc1ccc(CCN(Cc2ccccc2)S(=O)(=O)N=[N+]=[N-])cc1. The van der Waals surface area contributed by atoms with E-state index in [9.17, 15) is 8.42 Å². The van der Waals surface area contributed by atoms with E-state index in [4.69, 9.17) is 10.3 Å². The zero-order chi connectivity index (χ0) is 17.4. The third kappa shape index (κ3) is 4.99. The Kier molecular flexibility index (Phi) is 6.20. The second kappa shape index (κ2) is 8.35. The molecular weight excluding hydrogens is 328 g/mol. The molecule has 126 valence electrons. The molecule has 0 spiro atoms. The minimum atomic E-state index is -4.04. The molecule has 0 N–H and O–H groups in total. The van der Waals surface area contributed by atoms with Crippen LogP contribution < -0.4 is 4.74 Å². The van der Waals surface area contributed by atoms with Crippen LogP contribution in [0.2, 0.25) is 0 Å². The van der Waals surface area contributed by atoms with Gasteiger partial charge in [0.05, 0.1) is 7.11 Å². The van der Waals surface area contributed by atoms with E-state index in [0.717, 1.165) is 16.9 Å². The Hall–Kier alpha value is -2.54. The fourth-order valence-corrected chi connectivity index (χ4v) is 3.04. The molecule has 0 unspecified atom stereocenters. The van der Waals surface area contributed by atoms with Gasteiger partial charge in [0.25, 0.3) is 0 Å². The van der Waals surface area contributed by atoms with E-state index in [-0.39, 0.29) is 13.1 Å². The molecule has 0 aliphatic rings. The Balaban J connectivity index is 2.14. The molecule has 0 heterocycles. The molecule has 0 radical (unpaired) electrons. The van der Waals surface area contributed by atoms with Crippen molar-refractivity contribution in [1.29, 1.82) is 0 Å². The van der Waals surface area contributed by atoms with Gasteiger partial charge in [-0.2, -0.15) is 4.31 Å². The normalized spacial score (nSPS) is 11.1. The molecule has 2 aromatic rings. The van der Waals surface area contributed by atoms with Gasteiger partial charge in [-0.25, -0.2) is 8.42 Å². The maximum absolute atomic E-state index is 12.1. The van der Waals surface area contributed by atoms with Gasteiger partial charge < -0.3 is 4.74 Å². The number of nitrogens with zero attached hydrogens (tertiary/aromatic N) is 4. The van der Waals surface area contributed by atoms with E-state index in [1.165, 1.54) is 4.31 Å². The first-order valence-electron chi connectivity index (χ1n) is 7.28. The first-order chi connectivity index (χ1) is 11.5. The second-order valence-electron chi connectivity index (χ2n) is 5.07. The molecule has 7 nitrogen and oxygen atoms in total. The molecular formula is C16H18N4O3S. The molecule has 0 saturated heterocycles. The van der Waals surface area contributed by atoms with E-state index < -0.39 is 10.2 Å². The summed E-state index contributed by atoms with van der Waals surface area (Å²) in [7, 11) is -2.45. The van der Waals surface area contributed by atoms with Crippen molar-refractivity contribution in [2.45, 2.75) is 13.0 Å². The van der Waals surface area contributed by atoms with Gasteiger partial charge in [-0.05, 0) is 35.2 Å².